The molecule has 2 rings (SSSR count). The Morgan fingerprint density at radius 2 is 2.09 bits per heavy atom. The molecule has 0 fully saturated rings. The summed E-state index contributed by atoms with van der Waals surface area (Å²) in [6.45, 7) is 5.48. The third kappa shape index (κ3) is 4.79. The molecule has 0 bridgehead atoms. The number of urea groups is 1. The lowest BCUT2D eigenvalue weighted by Crippen LogP contribution is -2.37. The maximum absolute atomic E-state index is 12.0. The van der Waals surface area contributed by atoms with Crippen LogP contribution in [-0.2, 0) is 24.9 Å². The fourth-order valence-corrected chi connectivity index (χ4v) is 2.25. The van der Waals surface area contributed by atoms with Gasteiger partial charge in [-0.05, 0) is 25.0 Å². The zero-order chi connectivity index (χ0) is 16.7. The van der Waals surface area contributed by atoms with E-state index >= 15 is 0 Å². The molecule has 1 atom stereocenters. The van der Waals surface area contributed by atoms with E-state index in [1.165, 1.54) is 0 Å². The first kappa shape index (κ1) is 17.0. The number of nitrogens with one attached hydrogen (secondary N) is 2. The van der Waals surface area contributed by atoms with Crippen molar-refractivity contribution in [1.29, 1.82) is 0 Å². The standard InChI is InChI=1S/C16H23N5O2/c1-4-23-10-14-8-6-5-7-13(14)9-17-16(22)19-12(2)15-20-18-11-21(15)3/h5-8,11-12H,4,9-10H2,1-3H3,(H2,17,19,22)/t12-/m1/s1. The van der Waals surface area contributed by atoms with Crippen LogP contribution in [0.1, 0.15) is 36.8 Å². The second-order valence-corrected chi connectivity index (χ2v) is 5.25. The van der Waals surface area contributed by atoms with Crippen molar-refractivity contribution in [2.45, 2.75) is 33.0 Å². The van der Waals surface area contributed by atoms with Gasteiger partial charge in [-0.2, -0.15) is 0 Å². The molecule has 0 radical (unpaired) electrons. The molecule has 7 heteroatoms. The molecule has 7 nitrogen and oxygen atoms in total. The van der Waals surface area contributed by atoms with Crippen LogP contribution in [0, 0.1) is 0 Å². The first-order chi connectivity index (χ1) is 11.1. The number of hydrogen-bond acceptors (Lipinski definition) is 4. The van der Waals surface area contributed by atoms with Gasteiger partial charge in [0.15, 0.2) is 5.82 Å². The van der Waals surface area contributed by atoms with Crippen molar-refractivity contribution in [3.8, 4) is 0 Å². The molecule has 2 aromatic rings. The third-order valence-electron chi connectivity index (χ3n) is 3.50. The molecule has 0 saturated carbocycles. The maximum atomic E-state index is 12.0. The van der Waals surface area contributed by atoms with Crippen LogP contribution >= 0.6 is 0 Å². The van der Waals surface area contributed by atoms with Gasteiger partial charge in [0.1, 0.15) is 6.33 Å². The first-order valence-electron chi connectivity index (χ1n) is 7.64. The summed E-state index contributed by atoms with van der Waals surface area (Å²) in [4.78, 5) is 12.0. The number of hydrogen-bond donors (Lipinski definition) is 2. The molecule has 0 spiro atoms. The van der Waals surface area contributed by atoms with Crippen molar-refractivity contribution in [2.75, 3.05) is 6.61 Å². The molecule has 23 heavy (non-hydrogen) atoms. The average molecular weight is 317 g/mol. The number of ether oxygens (including phenoxy) is 1. The summed E-state index contributed by atoms with van der Waals surface area (Å²) in [6, 6.07) is 7.45. The van der Waals surface area contributed by atoms with Gasteiger partial charge >= 0.3 is 6.03 Å². The highest BCUT2D eigenvalue weighted by Crippen LogP contribution is 2.10. The van der Waals surface area contributed by atoms with Crippen molar-refractivity contribution < 1.29 is 9.53 Å². The Morgan fingerprint density at radius 1 is 1.35 bits per heavy atom. The number of carbonyl (C=O) groups excluding carboxylic acids is 1. The van der Waals surface area contributed by atoms with E-state index in [-0.39, 0.29) is 12.1 Å². The molecule has 2 N–H and O–H groups in total. The van der Waals surface area contributed by atoms with Gasteiger partial charge in [0, 0.05) is 20.2 Å². The van der Waals surface area contributed by atoms with Gasteiger partial charge in [0.2, 0.25) is 0 Å². The summed E-state index contributed by atoms with van der Waals surface area (Å²) in [5.74, 6) is 0.705. The predicted octanol–water partition coefficient (Wildman–Crippen LogP) is 1.91. The Hall–Kier alpha value is -2.41. The van der Waals surface area contributed by atoms with Gasteiger partial charge in [-0.1, -0.05) is 24.3 Å². The number of carbonyl (C=O) groups is 1. The van der Waals surface area contributed by atoms with Crippen molar-refractivity contribution in [3.05, 3.63) is 47.5 Å². The van der Waals surface area contributed by atoms with Gasteiger partial charge in [-0.3, -0.25) is 0 Å². The lowest BCUT2D eigenvalue weighted by Gasteiger charge is -2.15. The molecular weight excluding hydrogens is 294 g/mol. The summed E-state index contributed by atoms with van der Waals surface area (Å²) in [7, 11) is 1.84. The summed E-state index contributed by atoms with van der Waals surface area (Å²) in [5.41, 5.74) is 2.12. The Kier molecular flexibility index (Phi) is 6.10. The Balaban J connectivity index is 1.88. The van der Waals surface area contributed by atoms with Crippen LogP contribution in [0.5, 0.6) is 0 Å². The smallest absolute Gasteiger partial charge is 0.315 e. The van der Waals surface area contributed by atoms with Crippen molar-refractivity contribution in [2.24, 2.45) is 7.05 Å². The molecule has 2 amide bonds. The average Bonchev–Trinajstić information content (AvgIpc) is 2.98. The molecule has 1 aromatic heterocycles. The zero-order valence-electron chi connectivity index (χ0n) is 13.7. The largest absolute Gasteiger partial charge is 0.377 e. The van der Waals surface area contributed by atoms with Crippen LogP contribution in [-0.4, -0.2) is 27.4 Å². The lowest BCUT2D eigenvalue weighted by molar-refractivity contribution is 0.133. The molecule has 0 aliphatic heterocycles. The topological polar surface area (TPSA) is 81.1 Å². The molecule has 0 aliphatic rings. The first-order valence-corrected chi connectivity index (χ1v) is 7.64. The number of nitrogens with zero attached hydrogens (tertiary/aromatic N) is 3. The Morgan fingerprint density at radius 3 is 2.74 bits per heavy atom. The highest BCUT2D eigenvalue weighted by molar-refractivity contribution is 5.74. The molecule has 124 valence electrons. The Bertz CT molecular complexity index is 641. The normalized spacial score (nSPS) is 12.0. The maximum Gasteiger partial charge on any atom is 0.315 e. The minimum atomic E-state index is -0.244. The SMILES string of the molecule is CCOCc1ccccc1CNC(=O)N[C@H](C)c1nncn1C. The summed E-state index contributed by atoms with van der Waals surface area (Å²) in [6.07, 6.45) is 1.61. The van der Waals surface area contributed by atoms with E-state index in [0.29, 0.717) is 25.6 Å². The van der Waals surface area contributed by atoms with Crippen molar-refractivity contribution >= 4 is 6.03 Å². The molecule has 0 saturated heterocycles. The lowest BCUT2D eigenvalue weighted by atomic mass is 10.1. The fraction of sp³-hybridized carbons (Fsp3) is 0.438. The van der Waals surface area contributed by atoms with Crippen LogP contribution in [0.15, 0.2) is 30.6 Å². The molecule has 0 unspecified atom stereocenters. The predicted molar refractivity (Wildman–Crippen MR) is 86.6 cm³/mol. The van der Waals surface area contributed by atoms with Crippen molar-refractivity contribution in [3.63, 3.8) is 0 Å². The minimum Gasteiger partial charge on any atom is -0.377 e. The summed E-state index contributed by atoms with van der Waals surface area (Å²) < 4.78 is 7.23. The fourth-order valence-electron chi connectivity index (χ4n) is 2.25. The van der Waals surface area contributed by atoms with Crippen LogP contribution in [0.2, 0.25) is 0 Å². The van der Waals surface area contributed by atoms with Gasteiger partial charge < -0.3 is 19.9 Å². The summed E-state index contributed by atoms with van der Waals surface area (Å²) in [5, 5.41) is 13.5. The number of aryl methyl sites for hydroxylation is 1. The van der Waals surface area contributed by atoms with Gasteiger partial charge in [-0.15, -0.1) is 10.2 Å². The molecule has 1 heterocycles. The summed E-state index contributed by atoms with van der Waals surface area (Å²) >= 11 is 0. The van der Waals surface area contributed by atoms with E-state index in [1.54, 1.807) is 10.9 Å². The quantitative estimate of drug-likeness (QED) is 0.817. The van der Waals surface area contributed by atoms with E-state index in [0.717, 1.165) is 11.1 Å². The van der Waals surface area contributed by atoms with Gasteiger partial charge in [-0.25, -0.2) is 4.79 Å². The van der Waals surface area contributed by atoms with E-state index in [4.69, 9.17) is 4.74 Å². The van der Waals surface area contributed by atoms with Crippen LogP contribution in [0.3, 0.4) is 0 Å². The van der Waals surface area contributed by atoms with Crippen molar-refractivity contribution in [1.82, 2.24) is 25.4 Å². The molecular formula is C16H23N5O2. The van der Waals surface area contributed by atoms with Crippen LogP contribution < -0.4 is 10.6 Å². The number of aromatic nitrogens is 3. The highest BCUT2D eigenvalue weighted by Gasteiger charge is 2.14. The highest BCUT2D eigenvalue weighted by atomic mass is 16.5. The van der Waals surface area contributed by atoms with Crippen LogP contribution in [0.4, 0.5) is 4.79 Å². The van der Waals surface area contributed by atoms with Gasteiger partial charge in [0.05, 0.1) is 12.6 Å². The van der Waals surface area contributed by atoms with E-state index in [2.05, 4.69) is 20.8 Å². The third-order valence-corrected chi connectivity index (χ3v) is 3.50. The monoisotopic (exact) mass is 317 g/mol. The van der Waals surface area contributed by atoms with E-state index in [1.807, 2.05) is 45.2 Å². The van der Waals surface area contributed by atoms with E-state index in [9.17, 15) is 4.79 Å². The number of rotatable bonds is 7. The zero-order valence-corrected chi connectivity index (χ0v) is 13.7. The van der Waals surface area contributed by atoms with Crippen LogP contribution in [0.25, 0.3) is 0 Å². The minimum absolute atomic E-state index is 0.221. The molecule has 0 aliphatic carbocycles. The van der Waals surface area contributed by atoms with Gasteiger partial charge in [0.25, 0.3) is 0 Å². The second kappa shape index (κ2) is 8.28. The number of amides is 2. The molecule has 1 aromatic carbocycles. The Labute approximate surface area is 136 Å². The number of benzene rings is 1. The van der Waals surface area contributed by atoms with E-state index < -0.39 is 0 Å². The second-order valence-electron chi connectivity index (χ2n) is 5.25.